The first-order valence-corrected chi connectivity index (χ1v) is 10.7. The second-order valence-corrected chi connectivity index (χ2v) is 8.33. The topological polar surface area (TPSA) is 58.6 Å². The number of anilines is 1. The van der Waals surface area contributed by atoms with Gasteiger partial charge < -0.3 is 15.0 Å². The molecular weight excluding hydrogens is 441 g/mol. The number of nitrogens with one attached hydrogen (secondary N) is 1. The van der Waals surface area contributed by atoms with E-state index < -0.39 is 12.4 Å². The van der Waals surface area contributed by atoms with Crippen molar-refractivity contribution in [3.8, 4) is 5.75 Å². The fourth-order valence-corrected chi connectivity index (χ4v) is 4.72. The second kappa shape index (κ2) is 8.66. The molecule has 1 N–H and O–H groups in total. The summed E-state index contributed by atoms with van der Waals surface area (Å²) in [5, 5.41) is 4.61. The lowest BCUT2D eigenvalue weighted by atomic mass is 9.92. The highest BCUT2D eigenvalue weighted by Crippen LogP contribution is 2.39. The van der Waals surface area contributed by atoms with Gasteiger partial charge in [0.15, 0.2) is 0 Å². The van der Waals surface area contributed by atoms with E-state index in [2.05, 4.69) is 10.1 Å². The predicted octanol–water partition coefficient (Wildman–Crippen LogP) is 5.39. The summed E-state index contributed by atoms with van der Waals surface area (Å²) < 4.78 is 41.5. The molecule has 3 aromatic rings. The van der Waals surface area contributed by atoms with Crippen LogP contribution in [0.5, 0.6) is 5.75 Å². The summed E-state index contributed by atoms with van der Waals surface area (Å²) >= 11 is 1.60. The lowest BCUT2D eigenvalue weighted by Crippen LogP contribution is -2.40. The molecule has 0 spiro atoms. The number of nitrogens with zero attached hydrogens (tertiary/aromatic N) is 1. The van der Waals surface area contributed by atoms with Crippen molar-refractivity contribution in [3.63, 3.8) is 0 Å². The first kappa shape index (κ1) is 21.9. The summed E-state index contributed by atoms with van der Waals surface area (Å²) in [7, 11) is 0. The van der Waals surface area contributed by atoms with Gasteiger partial charge in [-0.3, -0.25) is 9.59 Å². The largest absolute Gasteiger partial charge is 0.573 e. The van der Waals surface area contributed by atoms with Gasteiger partial charge in [0.2, 0.25) is 5.91 Å². The van der Waals surface area contributed by atoms with Gasteiger partial charge in [-0.25, -0.2) is 0 Å². The molecule has 0 saturated carbocycles. The van der Waals surface area contributed by atoms with Gasteiger partial charge in [-0.15, -0.1) is 24.5 Å². The van der Waals surface area contributed by atoms with Gasteiger partial charge in [-0.1, -0.05) is 12.1 Å². The number of carbonyl (C=O) groups is 2. The number of ether oxygens (including phenoxy) is 1. The third-order valence-electron chi connectivity index (χ3n) is 5.11. The van der Waals surface area contributed by atoms with Crippen molar-refractivity contribution in [1.82, 2.24) is 4.90 Å². The summed E-state index contributed by atoms with van der Waals surface area (Å²) in [5.74, 6) is -0.714. The van der Waals surface area contributed by atoms with Crippen molar-refractivity contribution < 1.29 is 27.5 Å². The van der Waals surface area contributed by atoms with E-state index in [4.69, 9.17) is 0 Å². The fraction of sp³-hybridized carbons (Fsp3) is 0.217. The quantitative estimate of drug-likeness (QED) is 0.568. The molecule has 4 rings (SSSR count). The number of benzene rings is 2. The highest BCUT2D eigenvalue weighted by Gasteiger charge is 2.34. The SMILES string of the molecule is CC(=O)Nc1ccc(C(=O)N2CCc3sccc3C2c2ccc(OC(F)(F)F)cc2)cc1. The molecule has 0 bridgehead atoms. The van der Waals surface area contributed by atoms with Crippen LogP contribution < -0.4 is 10.1 Å². The zero-order chi connectivity index (χ0) is 22.9. The molecule has 0 fully saturated rings. The van der Waals surface area contributed by atoms with Crippen LogP contribution in [0.25, 0.3) is 0 Å². The van der Waals surface area contributed by atoms with E-state index in [1.54, 1.807) is 52.6 Å². The van der Waals surface area contributed by atoms with Gasteiger partial charge in [0, 0.05) is 29.6 Å². The Balaban J connectivity index is 1.64. The van der Waals surface area contributed by atoms with Crippen molar-refractivity contribution in [2.75, 3.05) is 11.9 Å². The maximum absolute atomic E-state index is 13.4. The number of halogens is 3. The van der Waals surface area contributed by atoms with Crippen LogP contribution >= 0.6 is 11.3 Å². The molecule has 5 nitrogen and oxygen atoms in total. The molecule has 1 aromatic heterocycles. The second-order valence-electron chi connectivity index (χ2n) is 7.33. The number of rotatable bonds is 4. The molecule has 1 aliphatic rings. The minimum Gasteiger partial charge on any atom is -0.406 e. The monoisotopic (exact) mass is 460 g/mol. The van der Waals surface area contributed by atoms with Gasteiger partial charge in [-0.05, 0) is 65.4 Å². The van der Waals surface area contributed by atoms with Crippen molar-refractivity contribution in [3.05, 3.63) is 81.5 Å². The smallest absolute Gasteiger partial charge is 0.406 e. The Labute approximate surface area is 186 Å². The molecule has 1 atom stereocenters. The molecule has 0 saturated heterocycles. The van der Waals surface area contributed by atoms with E-state index in [1.807, 2.05) is 11.4 Å². The standard InChI is InChI=1S/C23H19F3N2O3S/c1-14(29)27-17-6-2-16(3-7-17)22(30)28-12-10-20-19(11-13-32-20)21(28)15-4-8-18(9-5-15)31-23(24,25)26/h2-9,11,13,21H,10,12H2,1H3,(H,27,29). The molecule has 1 unspecified atom stereocenters. The van der Waals surface area contributed by atoms with Crippen LogP contribution in [0.15, 0.2) is 60.0 Å². The average molecular weight is 460 g/mol. The van der Waals surface area contributed by atoms with Crippen LogP contribution in [0.1, 0.15) is 39.3 Å². The highest BCUT2D eigenvalue weighted by atomic mass is 32.1. The fourth-order valence-electron chi connectivity index (χ4n) is 3.81. The zero-order valence-corrected chi connectivity index (χ0v) is 17.8. The van der Waals surface area contributed by atoms with Gasteiger partial charge >= 0.3 is 6.36 Å². The molecular formula is C23H19F3N2O3S. The van der Waals surface area contributed by atoms with E-state index in [9.17, 15) is 22.8 Å². The number of carbonyl (C=O) groups excluding carboxylic acids is 2. The molecule has 0 radical (unpaired) electrons. The predicted molar refractivity (Wildman–Crippen MR) is 115 cm³/mol. The molecule has 166 valence electrons. The van der Waals surface area contributed by atoms with E-state index in [0.29, 0.717) is 29.8 Å². The Morgan fingerprint density at radius 1 is 1.06 bits per heavy atom. The third-order valence-corrected chi connectivity index (χ3v) is 6.10. The molecule has 2 heterocycles. The van der Waals surface area contributed by atoms with Crippen LogP contribution in [0.3, 0.4) is 0 Å². The van der Waals surface area contributed by atoms with Crippen molar-refractivity contribution in [1.29, 1.82) is 0 Å². The lowest BCUT2D eigenvalue weighted by molar-refractivity contribution is -0.274. The van der Waals surface area contributed by atoms with Gasteiger partial charge in [0.1, 0.15) is 5.75 Å². The van der Waals surface area contributed by atoms with Crippen LogP contribution in [-0.4, -0.2) is 29.6 Å². The van der Waals surface area contributed by atoms with E-state index in [0.717, 1.165) is 10.4 Å². The number of alkyl halides is 3. The maximum Gasteiger partial charge on any atom is 0.573 e. The van der Waals surface area contributed by atoms with E-state index in [-0.39, 0.29) is 17.6 Å². The highest BCUT2D eigenvalue weighted by molar-refractivity contribution is 7.10. The maximum atomic E-state index is 13.4. The van der Waals surface area contributed by atoms with E-state index >= 15 is 0 Å². The minimum atomic E-state index is -4.77. The number of fused-ring (bicyclic) bond motifs is 1. The number of thiophene rings is 1. The number of hydrogen-bond donors (Lipinski definition) is 1. The normalized spacial score (nSPS) is 15.8. The first-order valence-electron chi connectivity index (χ1n) is 9.82. The Morgan fingerprint density at radius 3 is 2.38 bits per heavy atom. The van der Waals surface area contributed by atoms with Gasteiger partial charge in [0.05, 0.1) is 6.04 Å². The Morgan fingerprint density at radius 2 is 1.75 bits per heavy atom. The number of hydrogen-bond acceptors (Lipinski definition) is 4. The summed E-state index contributed by atoms with van der Waals surface area (Å²) in [4.78, 5) is 27.5. The third kappa shape index (κ3) is 4.77. The van der Waals surface area contributed by atoms with Crippen LogP contribution in [0, 0.1) is 0 Å². The molecule has 1 aliphatic heterocycles. The summed E-state index contributed by atoms with van der Waals surface area (Å²) in [6.45, 7) is 1.88. The molecule has 0 aliphatic carbocycles. The average Bonchev–Trinajstić information content (AvgIpc) is 3.21. The van der Waals surface area contributed by atoms with Crippen LogP contribution in [0.2, 0.25) is 0 Å². The van der Waals surface area contributed by atoms with Crippen molar-refractivity contribution >= 4 is 28.8 Å². The van der Waals surface area contributed by atoms with Gasteiger partial charge in [0.25, 0.3) is 5.91 Å². The van der Waals surface area contributed by atoms with E-state index in [1.165, 1.54) is 19.1 Å². The first-order chi connectivity index (χ1) is 15.2. The van der Waals surface area contributed by atoms with Gasteiger partial charge in [-0.2, -0.15) is 0 Å². The Hall–Kier alpha value is -3.33. The summed E-state index contributed by atoms with van der Waals surface area (Å²) in [6.07, 6.45) is -4.06. The van der Waals surface area contributed by atoms with Crippen LogP contribution in [0.4, 0.5) is 18.9 Å². The van der Waals surface area contributed by atoms with Crippen molar-refractivity contribution in [2.45, 2.75) is 25.7 Å². The Kier molecular flexibility index (Phi) is 5.92. The Bertz CT molecular complexity index is 1120. The minimum absolute atomic E-state index is 0.197. The zero-order valence-electron chi connectivity index (χ0n) is 17.0. The molecule has 9 heteroatoms. The molecule has 2 amide bonds. The molecule has 32 heavy (non-hydrogen) atoms. The van der Waals surface area contributed by atoms with Crippen molar-refractivity contribution in [2.24, 2.45) is 0 Å². The number of amides is 2. The van der Waals surface area contributed by atoms with Crippen LogP contribution in [-0.2, 0) is 11.2 Å². The lowest BCUT2D eigenvalue weighted by Gasteiger charge is -2.36. The summed E-state index contributed by atoms with van der Waals surface area (Å²) in [6, 6.07) is 13.8. The summed E-state index contributed by atoms with van der Waals surface area (Å²) in [5.41, 5.74) is 2.71. The molecule has 2 aromatic carbocycles.